The molecule has 3 rings (SSSR count). The van der Waals surface area contributed by atoms with Crippen molar-refractivity contribution in [3.63, 3.8) is 0 Å². The van der Waals surface area contributed by atoms with Crippen LogP contribution < -0.4 is 9.64 Å². The summed E-state index contributed by atoms with van der Waals surface area (Å²) in [5.41, 5.74) is 0.950. The molecule has 1 fully saturated rings. The number of rotatable bonds is 10. The average Bonchev–Trinajstić information content (AvgIpc) is 2.81. The Balaban J connectivity index is 0.000000414. The number of fused-ring (bicyclic) bond motifs is 1. The van der Waals surface area contributed by atoms with Crippen LogP contribution in [0.25, 0.3) is 10.9 Å². The number of ether oxygens (including phenoxy) is 1. The van der Waals surface area contributed by atoms with E-state index in [1.807, 2.05) is 30.3 Å². The Morgan fingerprint density at radius 3 is 2.33 bits per heavy atom. The van der Waals surface area contributed by atoms with Crippen molar-refractivity contribution >= 4 is 28.8 Å². The third-order valence-electron chi connectivity index (χ3n) is 4.95. The van der Waals surface area contributed by atoms with Gasteiger partial charge in [-0.1, -0.05) is 38.0 Å². The van der Waals surface area contributed by atoms with E-state index in [0.717, 1.165) is 56.0 Å². The maximum absolute atomic E-state index is 9.55. The number of benzene rings is 1. The van der Waals surface area contributed by atoms with Crippen molar-refractivity contribution in [2.24, 2.45) is 0 Å². The predicted octanol–water partition coefficient (Wildman–Crippen LogP) is 3.22. The quantitative estimate of drug-likeness (QED) is 0.316. The first-order chi connectivity index (χ1) is 15.9. The number of para-hydroxylation sites is 1. The maximum Gasteiger partial charge on any atom is 0.328 e. The topological polar surface area (TPSA) is 116 Å². The van der Waals surface area contributed by atoms with Gasteiger partial charge in [-0.15, -0.1) is 6.58 Å². The second-order valence-corrected chi connectivity index (χ2v) is 7.49. The fourth-order valence-electron chi connectivity index (χ4n) is 3.26. The molecular weight excluding hydrogens is 424 g/mol. The molecule has 1 aromatic carbocycles. The number of carboxylic acids is 2. The lowest BCUT2D eigenvalue weighted by molar-refractivity contribution is -0.134. The highest BCUT2D eigenvalue weighted by atomic mass is 16.5. The van der Waals surface area contributed by atoms with Crippen LogP contribution in [0, 0.1) is 0 Å². The minimum absolute atomic E-state index is 0.558. The van der Waals surface area contributed by atoms with E-state index >= 15 is 0 Å². The first-order valence-corrected chi connectivity index (χ1v) is 11.1. The zero-order valence-corrected chi connectivity index (χ0v) is 19.0. The minimum atomic E-state index is -1.26. The molecule has 0 radical (unpaired) electrons. The van der Waals surface area contributed by atoms with Gasteiger partial charge in [0.05, 0.1) is 17.5 Å². The van der Waals surface area contributed by atoms with Gasteiger partial charge in [0.1, 0.15) is 0 Å². The van der Waals surface area contributed by atoms with E-state index in [1.165, 1.54) is 12.8 Å². The molecule has 2 N–H and O–H groups in total. The fraction of sp³-hybridized carbons (Fsp3) is 0.417. The summed E-state index contributed by atoms with van der Waals surface area (Å²) in [5.74, 6) is -1.02. The summed E-state index contributed by atoms with van der Waals surface area (Å²) < 4.78 is 6.01. The van der Waals surface area contributed by atoms with Gasteiger partial charge < -0.3 is 19.8 Å². The van der Waals surface area contributed by atoms with Crippen LogP contribution >= 0.6 is 0 Å². The van der Waals surface area contributed by atoms with E-state index in [2.05, 4.69) is 23.3 Å². The smallest absolute Gasteiger partial charge is 0.328 e. The van der Waals surface area contributed by atoms with Crippen LogP contribution in [0.4, 0.5) is 5.95 Å². The molecule has 1 aliphatic rings. The summed E-state index contributed by atoms with van der Waals surface area (Å²) >= 11 is 0. The largest absolute Gasteiger partial charge is 0.478 e. The number of hydrogen-bond acceptors (Lipinski definition) is 7. The molecule has 9 nitrogen and oxygen atoms in total. The highest BCUT2D eigenvalue weighted by Gasteiger charge is 2.20. The Morgan fingerprint density at radius 1 is 1.06 bits per heavy atom. The lowest BCUT2D eigenvalue weighted by atomic mass is 10.2. The van der Waals surface area contributed by atoms with E-state index in [9.17, 15) is 9.59 Å². The Bertz CT molecular complexity index is 939. The van der Waals surface area contributed by atoms with Crippen molar-refractivity contribution in [1.29, 1.82) is 0 Å². The number of anilines is 1. The summed E-state index contributed by atoms with van der Waals surface area (Å²) in [5, 5.41) is 16.6. The Morgan fingerprint density at radius 2 is 1.73 bits per heavy atom. The Labute approximate surface area is 194 Å². The standard InChI is InChI=1S/C20H28N4O.C4H4O4/c1-3-5-8-16-25-19-17-9-6-7-10-18(17)21-20(22-19)24-14-12-23(11-4-2)13-15-24;5-3(6)1-2-4(7)8/h4,6-7,9-10H,2-3,5,8,11-16H2,1H3;1-2H,(H,5,6)(H,7,8)/b;2-1+. The fourth-order valence-corrected chi connectivity index (χ4v) is 3.26. The number of unbranched alkanes of at least 4 members (excludes halogenated alkanes) is 2. The highest BCUT2D eigenvalue weighted by molar-refractivity contribution is 5.89. The number of carbonyl (C=O) groups is 2. The van der Waals surface area contributed by atoms with Gasteiger partial charge in [0.25, 0.3) is 0 Å². The SMILES string of the molecule is C=CCN1CCN(c2nc(OCCCCC)c3ccccc3n2)CC1.O=C(O)/C=C/C(=O)O. The maximum atomic E-state index is 9.55. The number of piperazine rings is 1. The molecule has 178 valence electrons. The van der Waals surface area contributed by atoms with Crippen molar-refractivity contribution in [3.8, 4) is 5.88 Å². The van der Waals surface area contributed by atoms with Gasteiger partial charge in [0.15, 0.2) is 0 Å². The van der Waals surface area contributed by atoms with Crippen molar-refractivity contribution in [2.45, 2.75) is 26.2 Å². The van der Waals surface area contributed by atoms with Gasteiger partial charge in [-0.3, -0.25) is 4.90 Å². The number of carboxylic acid groups (broad SMARTS) is 2. The molecule has 0 saturated carbocycles. The monoisotopic (exact) mass is 456 g/mol. The van der Waals surface area contributed by atoms with Crippen molar-refractivity contribution < 1.29 is 24.5 Å². The summed E-state index contributed by atoms with van der Waals surface area (Å²) in [6, 6.07) is 8.10. The lowest BCUT2D eigenvalue weighted by Gasteiger charge is -2.34. The molecule has 0 aliphatic carbocycles. The van der Waals surface area contributed by atoms with Crippen LogP contribution in [0.3, 0.4) is 0 Å². The third kappa shape index (κ3) is 8.89. The predicted molar refractivity (Wildman–Crippen MR) is 128 cm³/mol. The molecule has 1 saturated heterocycles. The second kappa shape index (κ2) is 13.8. The van der Waals surface area contributed by atoms with Gasteiger partial charge >= 0.3 is 11.9 Å². The highest BCUT2D eigenvalue weighted by Crippen LogP contribution is 2.26. The normalized spacial score (nSPS) is 14.0. The van der Waals surface area contributed by atoms with Crippen molar-refractivity contribution in [2.75, 3.05) is 44.2 Å². The van der Waals surface area contributed by atoms with Crippen LogP contribution in [0.5, 0.6) is 5.88 Å². The summed E-state index contributed by atoms with van der Waals surface area (Å²) in [6.07, 6.45) is 6.51. The van der Waals surface area contributed by atoms with E-state index in [0.29, 0.717) is 24.6 Å². The molecular formula is C24H32N4O5. The van der Waals surface area contributed by atoms with Crippen molar-refractivity contribution in [3.05, 3.63) is 49.1 Å². The molecule has 1 aromatic heterocycles. The molecule has 9 heteroatoms. The lowest BCUT2D eigenvalue weighted by Crippen LogP contribution is -2.46. The first kappa shape index (κ1) is 25.8. The summed E-state index contributed by atoms with van der Waals surface area (Å²) in [4.78, 5) is 33.3. The number of aliphatic carboxylic acids is 2. The molecule has 2 aromatic rings. The van der Waals surface area contributed by atoms with E-state index < -0.39 is 11.9 Å². The second-order valence-electron chi connectivity index (χ2n) is 7.49. The first-order valence-electron chi connectivity index (χ1n) is 11.1. The van der Waals surface area contributed by atoms with Crippen molar-refractivity contribution in [1.82, 2.24) is 14.9 Å². The molecule has 2 heterocycles. The molecule has 0 bridgehead atoms. The number of hydrogen-bond donors (Lipinski definition) is 2. The van der Waals surface area contributed by atoms with Gasteiger partial charge in [0.2, 0.25) is 11.8 Å². The molecule has 0 amide bonds. The molecule has 33 heavy (non-hydrogen) atoms. The van der Waals surface area contributed by atoms with E-state index in [1.54, 1.807) is 0 Å². The zero-order valence-electron chi connectivity index (χ0n) is 19.0. The van der Waals surface area contributed by atoms with Crippen LogP contribution in [-0.2, 0) is 9.59 Å². The van der Waals surface area contributed by atoms with Gasteiger partial charge in [-0.05, 0) is 18.6 Å². The summed E-state index contributed by atoms with van der Waals surface area (Å²) in [6.45, 7) is 11.6. The van der Waals surface area contributed by atoms with Crippen LogP contribution in [0.2, 0.25) is 0 Å². The van der Waals surface area contributed by atoms with Crippen LogP contribution in [0.1, 0.15) is 26.2 Å². The molecule has 1 aliphatic heterocycles. The number of aromatic nitrogens is 2. The van der Waals surface area contributed by atoms with E-state index in [-0.39, 0.29) is 0 Å². The van der Waals surface area contributed by atoms with Gasteiger partial charge in [-0.25, -0.2) is 14.6 Å². The number of nitrogens with zero attached hydrogens (tertiary/aromatic N) is 4. The minimum Gasteiger partial charge on any atom is -0.478 e. The summed E-state index contributed by atoms with van der Waals surface area (Å²) in [7, 11) is 0. The van der Waals surface area contributed by atoms with Crippen LogP contribution in [-0.4, -0.2) is 76.4 Å². The van der Waals surface area contributed by atoms with Gasteiger partial charge in [0, 0.05) is 44.9 Å². The molecule has 0 atom stereocenters. The molecule has 0 spiro atoms. The van der Waals surface area contributed by atoms with Crippen LogP contribution in [0.15, 0.2) is 49.1 Å². The van der Waals surface area contributed by atoms with E-state index in [4.69, 9.17) is 24.9 Å². The Hall–Kier alpha value is -3.46. The average molecular weight is 457 g/mol. The third-order valence-corrected chi connectivity index (χ3v) is 4.95. The zero-order chi connectivity index (χ0) is 24.1. The van der Waals surface area contributed by atoms with Gasteiger partial charge in [-0.2, -0.15) is 4.98 Å². The Kier molecular flexibility index (Phi) is 10.8. The molecule has 0 unspecified atom stereocenters.